The van der Waals surface area contributed by atoms with E-state index in [0.29, 0.717) is 6.42 Å². The van der Waals surface area contributed by atoms with Gasteiger partial charge in [-0.3, -0.25) is 9.78 Å². The number of carbonyl (C=O) groups excluding carboxylic acids is 1. The number of nitrogens with one attached hydrogen (secondary N) is 1. The Morgan fingerprint density at radius 2 is 2.30 bits per heavy atom. The van der Waals surface area contributed by atoms with Crippen molar-refractivity contribution in [3.05, 3.63) is 24.5 Å². The Morgan fingerprint density at radius 1 is 1.48 bits per heavy atom. The summed E-state index contributed by atoms with van der Waals surface area (Å²) in [7, 11) is 0. The molecule has 0 aromatic carbocycles. The number of aliphatic hydroxyl groups excluding tert-OH is 1. The molecule has 6 heteroatoms. The van der Waals surface area contributed by atoms with Gasteiger partial charge in [-0.05, 0) is 37.8 Å². The largest absolute Gasteiger partial charge is 0.390 e. The van der Waals surface area contributed by atoms with Crippen LogP contribution in [0.2, 0.25) is 0 Å². The Kier molecular flexibility index (Phi) is 5.25. The lowest BCUT2D eigenvalue weighted by atomic mass is 9.82. The molecule has 6 nitrogen and oxygen atoms in total. The molecule has 1 amide bonds. The molecule has 23 heavy (non-hydrogen) atoms. The van der Waals surface area contributed by atoms with Gasteiger partial charge in [-0.25, -0.2) is 0 Å². The highest BCUT2D eigenvalue weighted by molar-refractivity contribution is 5.90. The Morgan fingerprint density at radius 3 is 3.00 bits per heavy atom. The quantitative estimate of drug-likeness (QED) is 0.878. The van der Waals surface area contributed by atoms with Gasteiger partial charge in [0.25, 0.3) is 0 Å². The maximum Gasteiger partial charge on any atom is 0.225 e. The van der Waals surface area contributed by atoms with E-state index in [1.165, 1.54) is 0 Å². The number of nitrogens with zero attached hydrogens (tertiary/aromatic N) is 2. The topological polar surface area (TPSA) is 74.7 Å². The Labute approximate surface area is 136 Å². The Balaban J connectivity index is 1.41. The number of aromatic nitrogens is 1. The predicted molar refractivity (Wildman–Crippen MR) is 87.1 cm³/mol. The molecule has 2 aliphatic heterocycles. The second-order valence-corrected chi connectivity index (χ2v) is 6.45. The van der Waals surface area contributed by atoms with E-state index in [1.54, 1.807) is 18.5 Å². The van der Waals surface area contributed by atoms with Crippen molar-refractivity contribution in [1.29, 1.82) is 0 Å². The van der Waals surface area contributed by atoms with Crippen molar-refractivity contribution < 1.29 is 14.6 Å². The van der Waals surface area contributed by atoms with E-state index in [2.05, 4.69) is 15.2 Å². The molecule has 2 N–H and O–H groups in total. The summed E-state index contributed by atoms with van der Waals surface area (Å²) in [4.78, 5) is 18.2. The molecule has 0 bridgehead atoms. The second kappa shape index (κ2) is 7.38. The van der Waals surface area contributed by atoms with E-state index in [-0.39, 0.29) is 17.6 Å². The molecular formula is C17H25N3O3. The second-order valence-electron chi connectivity index (χ2n) is 6.45. The zero-order valence-electron chi connectivity index (χ0n) is 13.4. The van der Waals surface area contributed by atoms with Gasteiger partial charge < -0.3 is 20.1 Å². The van der Waals surface area contributed by atoms with E-state index in [1.807, 2.05) is 6.07 Å². The predicted octanol–water partition coefficient (Wildman–Crippen LogP) is 1.42. The number of amides is 1. The molecule has 2 saturated heterocycles. The number of hydrogen-bond donors (Lipinski definition) is 2. The summed E-state index contributed by atoms with van der Waals surface area (Å²) >= 11 is 0. The van der Waals surface area contributed by atoms with Gasteiger partial charge in [0.2, 0.25) is 5.91 Å². The van der Waals surface area contributed by atoms with E-state index in [0.717, 1.165) is 57.6 Å². The molecule has 1 aromatic rings. The molecule has 1 unspecified atom stereocenters. The third-order valence-electron chi connectivity index (χ3n) is 4.92. The van der Waals surface area contributed by atoms with E-state index >= 15 is 0 Å². The minimum absolute atomic E-state index is 0.00670. The van der Waals surface area contributed by atoms with Gasteiger partial charge in [-0.2, -0.15) is 0 Å². The summed E-state index contributed by atoms with van der Waals surface area (Å²) in [6.07, 6.45) is 6.93. The fourth-order valence-electron chi connectivity index (χ4n) is 3.46. The maximum absolute atomic E-state index is 12.0. The molecule has 0 radical (unpaired) electrons. The van der Waals surface area contributed by atoms with Gasteiger partial charge in [-0.15, -0.1) is 0 Å². The van der Waals surface area contributed by atoms with Gasteiger partial charge in [0.1, 0.15) is 0 Å². The molecule has 2 fully saturated rings. The maximum atomic E-state index is 12.0. The first-order valence-corrected chi connectivity index (χ1v) is 8.42. The standard InChI is InChI=1S/C17H25N3O3/c21-15-4-2-12-23-17(15)6-10-20(11-7-17)9-5-16(22)19-14-3-1-8-18-13-14/h1,3,8,13,15,21H,2,4-7,9-12H2,(H,19,22). The lowest BCUT2D eigenvalue weighted by Crippen LogP contribution is -2.55. The number of piperidine rings is 1. The number of aliphatic hydroxyl groups is 1. The van der Waals surface area contributed by atoms with Crippen LogP contribution in [0, 0.1) is 0 Å². The zero-order chi connectivity index (χ0) is 16.1. The van der Waals surface area contributed by atoms with E-state index < -0.39 is 0 Å². The Hall–Kier alpha value is -1.50. The van der Waals surface area contributed by atoms with Gasteiger partial charge >= 0.3 is 0 Å². The minimum atomic E-state index is -0.341. The highest BCUT2D eigenvalue weighted by Crippen LogP contribution is 2.35. The van der Waals surface area contributed by atoms with Crippen molar-refractivity contribution in [3.8, 4) is 0 Å². The molecule has 126 valence electrons. The van der Waals surface area contributed by atoms with Crippen molar-refractivity contribution in [1.82, 2.24) is 9.88 Å². The van der Waals surface area contributed by atoms with E-state index in [9.17, 15) is 9.90 Å². The normalized spacial score (nSPS) is 24.5. The first kappa shape index (κ1) is 16.4. The van der Waals surface area contributed by atoms with Crippen LogP contribution in [0.25, 0.3) is 0 Å². The van der Waals surface area contributed by atoms with Crippen LogP contribution in [0.3, 0.4) is 0 Å². The number of rotatable bonds is 4. The monoisotopic (exact) mass is 319 g/mol. The SMILES string of the molecule is O=C(CCN1CCC2(CC1)OCCCC2O)Nc1cccnc1. The van der Waals surface area contributed by atoms with Gasteiger partial charge in [0, 0.05) is 38.9 Å². The fraction of sp³-hybridized carbons (Fsp3) is 0.647. The van der Waals surface area contributed by atoms with Crippen molar-refractivity contribution in [2.45, 2.75) is 43.8 Å². The van der Waals surface area contributed by atoms with Crippen LogP contribution in [0.5, 0.6) is 0 Å². The number of anilines is 1. The summed E-state index contributed by atoms with van der Waals surface area (Å²) in [5, 5.41) is 13.1. The molecule has 0 saturated carbocycles. The van der Waals surface area contributed by atoms with Crippen molar-refractivity contribution in [2.24, 2.45) is 0 Å². The molecule has 1 aromatic heterocycles. The molecule has 0 aliphatic carbocycles. The van der Waals surface area contributed by atoms with Gasteiger partial charge in [0.15, 0.2) is 0 Å². The van der Waals surface area contributed by atoms with Crippen molar-refractivity contribution in [2.75, 3.05) is 31.6 Å². The molecular weight excluding hydrogens is 294 g/mol. The fourth-order valence-corrected chi connectivity index (χ4v) is 3.46. The highest BCUT2D eigenvalue weighted by atomic mass is 16.5. The lowest BCUT2D eigenvalue weighted by molar-refractivity contribution is -0.176. The van der Waals surface area contributed by atoms with Crippen molar-refractivity contribution in [3.63, 3.8) is 0 Å². The summed E-state index contributed by atoms with van der Waals surface area (Å²) < 4.78 is 5.91. The van der Waals surface area contributed by atoms with Gasteiger partial charge in [-0.1, -0.05) is 0 Å². The first-order valence-electron chi connectivity index (χ1n) is 8.42. The number of likely N-dealkylation sites (tertiary alicyclic amines) is 1. The highest BCUT2D eigenvalue weighted by Gasteiger charge is 2.43. The van der Waals surface area contributed by atoms with Crippen molar-refractivity contribution >= 4 is 11.6 Å². The lowest BCUT2D eigenvalue weighted by Gasteiger charge is -2.46. The molecule has 3 heterocycles. The van der Waals surface area contributed by atoms with Crippen LogP contribution >= 0.6 is 0 Å². The summed E-state index contributed by atoms with van der Waals surface area (Å²) in [6.45, 7) is 3.23. The average molecular weight is 319 g/mol. The Bertz CT molecular complexity index is 515. The van der Waals surface area contributed by atoms with Crippen LogP contribution in [-0.2, 0) is 9.53 Å². The number of pyridine rings is 1. The molecule has 1 spiro atoms. The van der Waals surface area contributed by atoms with Crippen LogP contribution in [-0.4, -0.2) is 58.8 Å². The summed E-state index contributed by atoms with van der Waals surface area (Å²) in [5.41, 5.74) is 0.390. The van der Waals surface area contributed by atoms with Crippen LogP contribution in [0.15, 0.2) is 24.5 Å². The average Bonchev–Trinajstić information content (AvgIpc) is 2.58. The summed E-state index contributed by atoms with van der Waals surface area (Å²) in [6, 6.07) is 3.63. The first-order chi connectivity index (χ1) is 11.2. The third-order valence-corrected chi connectivity index (χ3v) is 4.92. The summed E-state index contributed by atoms with van der Waals surface area (Å²) in [5.74, 6) is 0.00670. The zero-order valence-corrected chi connectivity index (χ0v) is 13.4. The number of hydrogen-bond acceptors (Lipinski definition) is 5. The minimum Gasteiger partial charge on any atom is -0.390 e. The molecule has 2 aliphatic rings. The van der Waals surface area contributed by atoms with Crippen LogP contribution in [0.4, 0.5) is 5.69 Å². The smallest absolute Gasteiger partial charge is 0.225 e. The van der Waals surface area contributed by atoms with Crippen LogP contribution < -0.4 is 5.32 Å². The number of carbonyl (C=O) groups is 1. The third kappa shape index (κ3) is 4.07. The molecule has 1 atom stereocenters. The molecule has 3 rings (SSSR count). The van der Waals surface area contributed by atoms with Crippen LogP contribution in [0.1, 0.15) is 32.1 Å². The number of ether oxygens (including phenoxy) is 1. The van der Waals surface area contributed by atoms with Gasteiger partial charge in [0.05, 0.1) is 23.6 Å². The van der Waals surface area contributed by atoms with E-state index in [4.69, 9.17) is 4.74 Å².